The number of hydrogen-bond donors (Lipinski definition) is 0. The van der Waals surface area contributed by atoms with Crippen molar-refractivity contribution in [3.63, 3.8) is 0 Å². The first-order valence-corrected chi connectivity index (χ1v) is 14.0. The number of fused-ring (bicyclic) bond motifs is 3. The summed E-state index contributed by atoms with van der Waals surface area (Å²) in [4.78, 5) is 30.4. The van der Waals surface area contributed by atoms with E-state index in [1.807, 2.05) is 68.3 Å². The van der Waals surface area contributed by atoms with Crippen LogP contribution < -0.4 is 10.3 Å². The SMILES string of the molecule is CC.CN1CCCC1C(=O)N1CCc2c(c3ccc(-n4ccc(OCc5ccccc5)cc4=O)cc3n2C)C1. The van der Waals surface area contributed by atoms with Crippen molar-refractivity contribution in [2.45, 2.75) is 52.3 Å². The van der Waals surface area contributed by atoms with E-state index in [0.717, 1.165) is 54.5 Å². The molecule has 2 aliphatic rings. The highest BCUT2D eigenvalue weighted by atomic mass is 16.5. The number of carbonyl (C=O) groups excluding carboxylic acids is 1. The molecule has 0 saturated carbocycles. The summed E-state index contributed by atoms with van der Waals surface area (Å²) < 4.78 is 9.70. The molecule has 0 bridgehead atoms. The standard InChI is InChI=1S/C30H32N4O3.C2H6/c1-31-14-6-9-27(31)30(36)33-15-13-26-25(19-33)24-11-10-22(17-28(24)32(26)2)34-16-12-23(18-29(34)35)37-20-21-7-4-3-5-8-21;1-2/h3-5,7-8,10-12,16-18,27H,6,9,13-15,19-20H2,1-2H3;1-2H3. The summed E-state index contributed by atoms with van der Waals surface area (Å²) >= 11 is 0. The zero-order valence-electron chi connectivity index (χ0n) is 23.4. The average Bonchev–Trinajstić information content (AvgIpc) is 3.53. The fourth-order valence-electron chi connectivity index (χ4n) is 5.84. The number of aryl methyl sites for hydroxylation is 1. The highest BCUT2D eigenvalue weighted by Gasteiger charge is 2.34. The van der Waals surface area contributed by atoms with Crippen LogP contribution in [0, 0.1) is 0 Å². The van der Waals surface area contributed by atoms with E-state index in [0.29, 0.717) is 18.9 Å². The minimum absolute atomic E-state index is 0.00893. The summed E-state index contributed by atoms with van der Waals surface area (Å²) in [5, 5.41) is 1.15. The molecule has 204 valence electrons. The lowest BCUT2D eigenvalue weighted by atomic mass is 10.0. The number of likely N-dealkylation sites (tertiary alicyclic amines) is 1. The smallest absolute Gasteiger partial charge is 0.258 e. The molecule has 4 heterocycles. The van der Waals surface area contributed by atoms with Crippen LogP contribution in [0.4, 0.5) is 0 Å². The van der Waals surface area contributed by atoms with Crippen molar-refractivity contribution in [1.29, 1.82) is 0 Å². The predicted molar refractivity (Wildman–Crippen MR) is 155 cm³/mol. The summed E-state index contributed by atoms with van der Waals surface area (Å²) in [5.41, 5.74) is 5.30. The molecule has 0 radical (unpaired) electrons. The molecule has 1 unspecified atom stereocenters. The highest BCUT2D eigenvalue weighted by Crippen LogP contribution is 2.32. The van der Waals surface area contributed by atoms with Gasteiger partial charge in [-0.05, 0) is 50.2 Å². The van der Waals surface area contributed by atoms with Crippen LogP contribution in [-0.4, -0.2) is 51.0 Å². The lowest BCUT2D eigenvalue weighted by Crippen LogP contribution is -2.46. The Bertz CT molecular complexity index is 1520. The third kappa shape index (κ3) is 5.23. The van der Waals surface area contributed by atoms with Gasteiger partial charge in [0.25, 0.3) is 5.56 Å². The van der Waals surface area contributed by atoms with Crippen LogP contribution in [0.2, 0.25) is 0 Å². The third-order valence-electron chi connectivity index (χ3n) is 7.92. The number of aromatic nitrogens is 2. The van der Waals surface area contributed by atoms with Crippen LogP contribution in [0.5, 0.6) is 5.75 Å². The van der Waals surface area contributed by atoms with Crippen molar-refractivity contribution in [3.8, 4) is 11.4 Å². The fourth-order valence-corrected chi connectivity index (χ4v) is 5.84. The van der Waals surface area contributed by atoms with Crippen LogP contribution in [0.3, 0.4) is 0 Å². The molecule has 0 aliphatic carbocycles. The normalized spacial score (nSPS) is 17.0. The zero-order valence-corrected chi connectivity index (χ0v) is 23.4. The van der Waals surface area contributed by atoms with Crippen LogP contribution in [0.15, 0.2) is 71.7 Å². The van der Waals surface area contributed by atoms with Gasteiger partial charge in [0.1, 0.15) is 12.4 Å². The summed E-state index contributed by atoms with van der Waals surface area (Å²) in [6, 6.07) is 19.4. The number of amides is 1. The van der Waals surface area contributed by atoms with Gasteiger partial charge >= 0.3 is 0 Å². The first-order valence-electron chi connectivity index (χ1n) is 14.0. The van der Waals surface area contributed by atoms with E-state index in [1.165, 1.54) is 17.3 Å². The molecule has 7 nitrogen and oxygen atoms in total. The van der Waals surface area contributed by atoms with Gasteiger partial charge in [-0.2, -0.15) is 0 Å². The lowest BCUT2D eigenvalue weighted by molar-refractivity contribution is -0.136. The van der Waals surface area contributed by atoms with E-state index in [4.69, 9.17) is 4.74 Å². The molecule has 0 N–H and O–H groups in total. The number of hydrogen-bond acceptors (Lipinski definition) is 4. The fraction of sp³-hybridized carbons (Fsp3) is 0.375. The molecule has 2 aliphatic heterocycles. The Labute approximate surface area is 230 Å². The van der Waals surface area contributed by atoms with E-state index >= 15 is 0 Å². The Hall–Kier alpha value is -3.84. The maximum absolute atomic E-state index is 13.2. The average molecular weight is 527 g/mol. The quantitative estimate of drug-likeness (QED) is 0.371. The van der Waals surface area contributed by atoms with Gasteiger partial charge < -0.3 is 14.2 Å². The van der Waals surface area contributed by atoms with Gasteiger partial charge in [-0.25, -0.2) is 0 Å². The Kier molecular flexibility index (Phi) is 7.89. The summed E-state index contributed by atoms with van der Waals surface area (Å²) in [6.07, 6.45) is 4.64. The molecule has 2 aromatic carbocycles. The number of rotatable bonds is 5. The first-order chi connectivity index (χ1) is 19.0. The van der Waals surface area contributed by atoms with Crippen molar-refractivity contribution in [1.82, 2.24) is 18.9 Å². The molecule has 39 heavy (non-hydrogen) atoms. The van der Waals surface area contributed by atoms with Crippen molar-refractivity contribution in [2.75, 3.05) is 20.1 Å². The molecule has 6 rings (SSSR count). The summed E-state index contributed by atoms with van der Waals surface area (Å²) in [7, 11) is 4.13. The number of benzene rings is 2. The van der Waals surface area contributed by atoms with Crippen molar-refractivity contribution in [3.05, 3.63) is 94.0 Å². The van der Waals surface area contributed by atoms with Gasteiger partial charge in [0, 0.05) is 55.5 Å². The molecule has 7 heteroatoms. The van der Waals surface area contributed by atoms with Crippen molar-refractivity contribution in [2.24, 2.45) is 7.05 Å². The van der Waals surface area contributed by atoms with Gasteiger partial charge in [-0.3, -0.25) is 19.1 Å². The Morgan fingerprint density at radius 3 is 2.51 bits per heavy atom. The predicted octanol–water partition coefficient (Wildman–Crippen LogP) is 4.91. The molecule has 2 aromatic heterocycles. The zero-order chi connectivity index (χ0) is 27.5. The molecular weight excluding hydrogens is 488 g/mol. The number of likely N-dealkylation sites (N-methyl/N-ethyl adjacent to an activating group) is 1. The largest absolute Gasteiger partial charge is 0.489 e. The molecule has 1 fully saturated rings. The minimum Gasteiger partial charge on any atom is -0.489 e. The Balaban J connectivity index is 0.00000151. The van der Waals surface area contributed by atoms with Crippen LogP contribution in [0.25, 0.3) is 16.6 Å². The van der Waals surface area contributed by atoms with Gasteiger partial charge in [0.15, 0.2) is 0 Å². The Morgan fingerprint density at radius 2 is 1.79 bits per heavy atom. The summed E-state index contributed by atoms with van der Waals surface area (Å²) in [5.74, 6) is 0.804. The number of ether oxygens (including phenoxy) is 1. The molecule has 0 spiro atoms. The highest BCUT2D eigenvalue weighted by molar-refractivity contribution is 5.89. The third-order valence-corrected chi connectivity index (χ3v) is 7.92. The molecular formula is C32H38N4O3. The second-order valence-corrected chi connectivity index (χ2v) is 10.2. The van der Waals surface area contributed by atoms with Crippen LogP contribution >= 0.6 is 0 Å². The van der Waals surface area contributed by atoms with E-state index < -0.39 is 0 Å². The second kappa shape index (κ2) is 11.5. The number of pyridine rings is 1. The monoisotopic (exact) mass is 526 g/mol. The van der Waals surface area contributed by atoms with Gasteiger partial charge in [-0.1, -0.05) is 50.2 Å². The van der Waals surface area contributed by atoms with E-state index in [1.54, 1.807) is 10.8 Å². The van der Waals surface area contributed by atoms with Gasteiger partial charge in [0.2, 0.25) is 5.91 Å². The maximum Gasteiger partial charge on any atom is 0.258 e. The maximum atomic E-state index is 13.2. The first kappa shape index (κ1) is 26.8. The molecule has 4 aromatic rings. The minimum atomic E-state index is -0.138. The van der Waals surface area contributed by atoms with Gasteiger partial charge in [0.05, 0.1) is 17.2 Å². The van der Waals surface area contributed by atoms with E-state index in [2.05, 4.69) is 28.6 Å². The summed E-state index contributed by atoms with van der Waals surface area (Å²) in [6.45, 7) is 6.80. The van der Waals surface area contributed by atoms with Crippen LogP contribution in [-0.2, 0) is 31.4 Å². The van der Waals surface area contributed by atoms with E-state index in [-0.39, 0.29) is 17.5 Å². The van der Waals surface area contributed by atoms with Gasteiger partial charge in [-0.15, -0.1) is 0 Å². The number of carbonyl (C=O) groups is 1. The van der Waals surface area contributed by atoms with E-state index in [9.17, 15) is 9.59 Å². The molecule has 1 amide bonds. The topological polar surface area (TPSA) is 59.7 Å². The number of nitrogens with zero attached hydrogens (tertiary/aromatic N) is 4. The van der Waals surface area contributed by atoms with Crippen molar-refractivity contribution < 1.29 is 9.53 Å². The molecule has 1 atom stereocenters. The molecule has 1 saturated heterocycles. The second-order valence-electron chi connectivity index (χ2n) is 10.2. The lowest BCUT2D eigenvalue weighted by Gasteiger charge is -2.32. The van der Waals surface area contributed by atoms with Crippen molar-refractivity contribution >= 4 is 16.8 Å². The van der Waals surface area contributed by atoms with Crippen LogP contribution in [0.1, 0.15) is 43.5 Å². The Morgan fingerprint density at radius 1 is 1.00 bits per heavy atom.